The fourth-order valence-electron chi connectivity index (χ4n) is 5.13. The zero-order chi connectivity index (χ0) is 24.3. The highest BCUT2D eigenvalue weighted by atomic mass is 35.5. The van der Waals surface area contributed by atoms with E-state index in [2.05, 4.69) is 22.3 Å². The molecule has 2 aromatic carbocycles. The van der Waals surface area contributed by atoms with Crippen LogP contribution in [0.5, 0.6) is 0 Å². The zero-order valence-corrected chi connectivity index (χ0v) is 21.0. The number of para-hydroxylation sites is 1. The number of anilines is 1. The molecule has 2 amide bonds. The highest BCUT2D eigenvalue weighted by molar-refractivity contribution is 6.33. The average Bonchev–Trinajstić information content (AvgIpc) is 2.79. The molecule has 1 aliphatic heterocycles. The summed E-state index contributed by atoms with van der Waals surface area (Å²) in [7, 11) is 0. The quantitative estimate of drug-likeness (QED) is 0.636. The topological polar surface area (TPSA) is 61.9 Å². The van der Waals surface area contributed by atoms with Crippen LogP contribution in [-0.4, -0.2) is 48.2 Å². The fourth-order valence-corrected chi connectivity index (χ4v) is 5.37. The van der Waals surface area contributed by atoms with Gasteiger partial charge in [-0.05, 0) is 64.2 Å². The monoisotopic (exact) mass is 483 g/mol. The van der Waals surface area contributed by atoms with Crippen LogP contribution in [0.25, 0.3) is 0 Å². The lowest BCUT2D eigenvalue weighted by atomic mass is 9.74. The molecule has 1 heterocycles. The molecule has 0 radical (unpaired) electrons. The van der Waals surface area contributed by atoms with E-state index in [9.17, 15) is 9.59 Å². The first-order valence-corrected chi connectivity index (χ1v) is 12.4. The smallest absolute Gasteiger partial charge is 0.408 e. The molecule has 4 rings (SSSR count). The van der Waals surface area contributed by atoms with E-state index in [0.717, 1.165) is 43.5 Å². The molecule has 0 spiro atoms. The standard InChI is InChI=1S/C27H34ClN3O3/c1-26(2,3)34-25(33)29-27(20-9-5-4-6-10-20)15-13-21(14-16-27)30-17-18-31(24(32)19-30)23-12-8-7-11-22(23)28/h4-12,21H,13-19H2,1-3H3,(H,29,33). The Morgan fingerprint density at radius 1 is 1.03 bits per heavy atom. The van der Waals surface area contributed by atoms with Crippen LogP contribution in [0.4, 0.5) is 10.5 Å². The van der Waals surface area contributed by atoms with Crippen molar-refractivity contribution in [3.8, 4) is 0 Å². The minimum Gasteiger partial charge on any atom is -0.444 e. The first-order chi connectivity index (χ1) is 16.2. The van der Waals surface area contributed by atoms with Gasteiger partial charge >= 0.3 is 6.09 Å². The zero-order valence-electron chi connectivity index (χ0n) is 20.2. The predicted molar refractivity (Wildman–Crippen MR) is 135 cm³/mol. The van der Waals surface area contributed by atoms with Crippen LogP contribution in [0.2, 0.25) is 5.02 Å². The molecule has 1 aliphatic carbocycles. The molecule has 2 fully saturated rings. The molecule has 0 unspecified atom stereocenters. The van der Waals surface area contributed by atoms with Crippen LogP contribution in [0.3, 0.4) is 0 Å². The Labute approximate surface area is 207 Å². The van der Waals surface area contributed by atoms with Gasteiger partial charge in [-0.2, -0.15) is 0 Å². The van der Waals surface area contributed by atoms with Gasteiger partial charge in [0.25, 0.3) is 0 Å². The molecule has 2 aliphatic rings. The van der Waals surface area contributed by atoms with Crippen molar-refractivity contribution >= 4 is 29.3 Å². The lowest BCUT2D eigenvalue weighted by Crippen LogP contribution is -2.57. The second-order valence-electron chi connectivity index (χ2n) is 10.3. The summed E-state index contributed by atoms with van der Waals surface area (Å²) in [5, 5.41) is 3.80. The predicted octanol–water partition coefficient (Wildman–Crippen LogP) is 5.35. The third-order valence-electron chi connectivity index (χ3n) is 6.79. The van der Waals surface area contributed by atoms with E-state index in [1.807, 2.05) is 63.2 Å². The van der Waals surface area contributed by atoms with E-state index in [1.54, 1.807) is 4.90 Å². The second-order valence-corrected chi connectivity index (χ2v) is 10.7. The molecular weight excluding hydrogens is 450 g/mol. The maximum Gasteiger partial charge on any atom is 0.408 e. The Bertz CT molecular complexity index is 1010. The van der Waals surface area contributed by atoms with Crippen molar-refractivity contribution in [2.45, 2.75) is 63.6 Å². The van der Waals surface area contributed by atoms with Gasteiger partial charge in [-0.1, -0.05) is 54.1 Å². The Hall–Kier alpha value is -2.57. The van der Waals surface area contributed by atoms with E-state index in [1.165, 1.54) is 0 Å². The molecule has 1 saturated heterocycles. The van der Waals surface area contributed by atoms with Crippen LogP contribution < -0.4 is 10.2 Å². The number of piperazine rings is 1. The summed E-state index contributed by atoms with van der Waals surface area (Å²) in [6.07, 6.45) is 2.98. The van der Waals surface area contributed by atoms with Crippen molar-refractivity contribution in [2.75, 3.05) is 24.5 Å². The highest BCUT2D eigenvalue weighted by Gasteiger charge is 2.41. The average molecular weight is 484 g/mol. The summed E-state index contributed by atoms with van der Waals surface area (Å²) >= 11 is 6.33. The minimum atomic E-state index is -0.555. The Kier molecular flexibility index (Phi) is 7.20. The molecule has 2 aromatic rings. The third-order valence-corrected chi connectivity index (χ3v) is 7.10. The van der Waals surface area contributed by atoms with Crippen molar-refractivity contribution in [3.05, 3.63) is 65.2 Å². The number of rotatable bonds is 4. The molecule has 6 nitrogen and oxygen atoms in total. The van der Waals surface area contributed by atoms with Crippen molar-refractivity contribution < 1.29 is 14.3 Å². The summed E-state index contributed by atoms with van der Waals surface area (Å²) in [4.78, 5) is 29.8. The molecule has 1 N–H and O–H groups in total. The van der Waals surface area contributed by atoms with Gasteiger partial charge in [-0.25, -0.2) is 4.79 Å². The molecule has 0 bridgehead atoms. The molecule has 34 heavy (non-hydrogen) atoms. The lowest BCUT2D eigenvalue weighted by molar-refractivity contribution is -0.122. The van der Waals surface area contributed by atoms with E-state index < -0.39 is 17.2 Å². The van der Waals surface area contributed by atoms with Crippen molar-refractivity contribution in [2.24, 2.45) is 0 Å². The second kappa shape index (κ2) is 9.96. The third kappa shape index (κ3) is 5.56. The Balaban J connectivity index is 1.43. The number of carbonyl (C=O) groups excluding carboxylic acids is 2. The minimum absolute atomic E-state index is 0.0751. The van der Waals surface area contributed by atoms with E-state index in [-0.39, 0.29) is 5.91 Å². The van der Waals surface area contributed by atoms with E-state index in [0.29, 0.717) is 24.2 Å². The lowest BCUT2D eigenvalue weighted by Gasteiger charge is -2.46. The normalized spacial score (nSPS) is 24.1. The summed E-state index contributed by atoms with van der Waals surface area (Å²) in [5.41, 5.74) is 0.852. The maximum atomic E-state index is 13.0. The Morgan fingerprint density at radius 3 is 2.29 bits per heavy atom. The van der Waals surface area contributed by atoms with Gasteiger partial charge < -0.3 is 15.0 Å². The number of alkyl carbamates (subject to hydrolysis) is 1. The molecule has 7 heteroatoms. The highest BCUT2D eigenvalue weighted by Crippen LogP contribution is 2.39. The van der Waals surface area contributed by atoms with Gasteiger partial charge in [0.2, 0.25) is 5.91 Å². The summed E-state index contributed by atoms with van der Waals surface area (Å²) in [6.45, 7) is 7.43. The summed E-state index contributed by atoms with van der Waals surface area (Å²) < 4.78 is 5.59. The van der Waals surface area contributed by atoms with Gasteiger partial charge in [0.1, 0.15) is 5.60 Å². The first kappa shape index (κ1) is 24.6. The first-order valence-electron chi connectivity index (χ1n) is 12.0. The molecule has 182 valence electrons. The van der Waals surface area contributed by atoms with Crippen molar-refractivity contribution in [1.82, 2.24) is 10.2 Å². The Morgan fingerprint density at radius 2 is 1.68 bits per heavy atom. The number of ether oxygens (including phenoxy) is 1. The van der Waals surface area contributed by atoms with Gasteiger partial charge in [0, 0.05) is 19.1 Å². The maximum absolute atomic E-state index is 13.0. The molecule has 0 aromatic heterocycles. The van der Waals surface area contributed by atoms with E-state index in [4.69, 9.17) is 16.3 Å². The number of hydrogen-bond donors (Lipinski definition) is 1. The van der Waals surface area contributed by atoms with Crippen LogP contribution >= 0.6 is 11.6 Å². The number of nitrogens with one attached hydrogen (secondary N) is 1. The van der Waals surface area contributed by atoms with Crippen molar-refractivity contribution in [3.63, 3.8) is 0 Å². The SMILES string of the molecule is CC(C)(C)OC(=O)NC1(c2ccccc2)CCC(N2CCN(c3ccccc3Cl)C(=O)C2)CC1. The summed E-state index contributed by atoms with van der Waals surface area (Å²) in [5.74, 6) is 0.0751. The van der Waals surface area contributed by atoms with Crippen molar-refractivity contribution in [1.29, 1.82) is 0 Å². The van der Waals surface area contributed by atoms with Gasteiger partial charge in [-0.15, -0.1) is 0 Å². The molecular formula is C27H34ClN3O3. The van der Waals surface area contributed by atoms with E-state index >= 15 is 0 Å². The number of benzene rings is 2. The van der Waals surface area contributed by atoms with Crippen LogP contribution in [0.15, 0.2) is 54.6 Å². The van der Waals surface area contributed by atoms with Gasteiger partial charge in [0.15, 0.2) is 0 Å². The molecule has 0 atom stereocenters. The fraction of sp³-hybridized carbons (Fsp3) is 0.481. The number of nitrogens with zero attached hydrogens (tertiary/aromatic N) is 2. The summed E-state index contributed by atoms with van der Waals surface area (Å²) in [6, 6.07) is 17.9. The van der Waals surface area contributed by atoms with Gasteiger partial charge in [-0.3, -0.25) is 9.69 Å². The number of hydrogen-bond acceptors (Lipinski definition) is 4. The van der Waals surface area contributed by atoms with Gasteiger partial charge in [0.05, 0.1) is 22.8 Å². The number of halogens is 1. The largest absolute Gasteiger partial charge is 0.444 e. The number of carbonyl (C=O) groups is 2. The van der Waals surface area contributed by atoms with Crippen LogP contribution in [-0.2, 0) is 15.1 Å². The molecule has 1 saturated carbocycles. The van der Waals surface area contributed by atoms with Crippen LogP contribution in [0, 0.1) is 0 Å². The van der Waals surface area contributed by atoms with Crippen LogP contribution in [0.1, 0.15) is 52.0 Å². The number of amides is 2.